The first kappa shape index (κ1) is 49.0. The molecule has 1 saturated carbocycles. The van der Waals surface area contributed by atoms with E-state index in [0.717, 1.165) is 55.4 Å². The molecule has 1 unspecified atom stereocenters. The molecule has 1 aliphatic carbocycles. The number of hydrogen-bond acceptors (Lipinski definition) is 16. The predicted octanol–water partition coefficient (Wildman–Crippen LogP) is 4.30. The molecule has 20 nitrogen and oxygen atoms in total. The van der Waals surface area contributed by atoms with Gasteiger partial charge < -0.3 is 39.5 Å². The molecule has 2 aromatic carbocycles. The Balaban J connectivity index is 0.609. The van der Waals surface area contributed by atoms with Crippen molar-refractivity contribution in [2.75, 3.05) is 101 Å². The first-order valence-electron chi connectivity index (χ1n) is 23.8. The van der Waals surface area contributed by atoms with E-state index in [1.165, 1.54) is 30.0 Å². The van der Waals surface area contributed by atoms with Gasteiger partial charge in [0.15, 0.2) is 11.4 Å². The third-order valence-electron chi connectivity index (χ3n) is 12.6. The Hall–Kier alpha value is -6.98. The van der Waals surface area contributed by atoms with Gasteiger partial charge in [0.1, 0.15) is 18.1 Å². The number of hydrogen-bond donors (Lipinski definition) is 4. The molecule has 0 spiro atoms. The molecular formula is C49H55F2N11O9. The second-order valence-electron chi connectivity index (χ2n) is 17.6. The van der Waals surface area contributed by atoms with Crippen LogP contribution in [0.25, 0.3) is 17.1 Å². The molecule has 0 radical (unpaired) electrons. The van der Waals surface area contributed by atoms with E-state index in [1.54, 1.807) is 42.6 Å². The summed E-state index contributed by atoms with van der Waals surface area (Å²) in [4.78, 5) is 77.4. The van der Waals surface area contributed by atoms with Gasteiger partial charge in [-0.2, -0.15) is 5.10 Å². The highest BCUT2D eigenvalue weighted by Gasteiger charge is 2.45. The predicted molar refractivity (Wildman–Crippen MR) is 253 cm³/mol. The van der Waals surface area contributed by atoms with Gasteiger partial charge in [0.25, 0.3) is 24.1 Å². The lowest BCUT2D eigenvalue weighted by Crippen LogP contribution is -2.54. The van der Waals surface area contributed by atoms with Crippen molar-refractivity contribution in [2.24, 2.45) is 5.92 Å². The number of fused-ring (bicyclic) bond motifs is 1. The van der Waals surface area contributed by atoms with Crippen LogP contribution >= 0.6 is 0 Å². The Morgan fingerprint density at radius 1 is 0.845 bits per heavy atom. The summed E-state index contributed by atoms with van der Waals surface area (Å²) in [5, 5.41) is 15.4. The fraction of sp³-hybridized carbons (Fsp3) is 0.429. The van der Waals surface area contributed by atoms with E-state index in [4.69, 9.17) is 18.6 Å². The van der Waals surface area contributed by atoms with Crippen LogP contribution in [0.4, 0.5) is 26.0 Å². The van der Waals surface area contributed by atoms with Crippen LogP contribution in [0.3, 0.4) is 0 Å². The second kappa shape index (κ2) is 22.8. The Morgan fingerprint density at radius 2 is 1.58 bits per heavy atom. The maximum atomic E-state index is 14.1. The number of anilines is 3. The summed E-state index contributed by atoms with van der Waals surface area (Å²) in [5.41, 5.74) is 2.70. The summed E-state index contributed by atoms with van der Waals surface area (Å²) < 4.78 is 52.1. The summed E-state index contributed by atoms with van der Waals surface area (Å²) in [6.45, 7) is 8.64. The molecule has 71 heavy (non-hydrogen) atoms. The number of alkyl halides is 2. The third kappa shape index (κ3) is 12.3. The summed E-state index contributed by atoms with van der Waals surface area (Å²) >= 11 is 0. The van der Waals surface area contributed by atoms with Crippen LogP contribution in [0, 0.1) is 5.92 Å². The van der Waals surface area contributed by atoms with Crippen molar-refractivity contribution in [2.45, 2.75) is 44.7 Å². The average molecular weight is 980 g/mol. The van der Waals surface area contributed by atoms with E-state index < -0.39 is 47.7 Å². The number of carbonyl (C=O) groups is 5. The van der Waals surface area contributed by atoms with Crippen molar-refractivity contribution in [3.63, 3.8) is 0 Å². The highest BCUT2D eigenvalue weighted by Crippen LogP contribution is 2.32. The van der Waals surface area contributed by atoms with Crippen LogP contribution < -0.4 is 26.2 Å². The molecule has 374 valence electrons. The van der Waals surface area contributed by atoms with E-state index in [-0.39, 0.29) is 41.2 Å². The zero-order chi connectivity index (χ0) is 49.3. The largest absolute Gasteiger partial charge is 0.444 e. The molecular weight excluding hydrogens is 925 g/mol. The molecule has 6 heterocycles. The van der Waals surface area contributed by atoms with Gasteiger partial charge in [0.05, 0.1) is 68.3 Å². The highest BCUT2D eigenvalue weighted by atomic mass is 19.3. The molecule has 5 aromatic rings. The number of ether oxygens (including phenoxy) is 3. The number of amides is 5. The van der Waals surface area contributed by atoms with Gasteiger partial charge in [-0.05, 0) is 73.2 Å². The Morgan fingerprint density at radius 3 is 2.32 bits per heavy atom. The number of piperidine rings is 1. The number of carbonyl (C=O) groups excluding carboxylic acids is 5. The second-order valence-corrected chi connectivity index (χ2v) is 17.6. The van der Waals surface area contributed by atoms with E-state index in [2.05, 4.69) is 46.1 Å². The summed E-state index contributed by atoms with van der Waals surface area (Å²) in [7, 11) is 0. The molecule has 4 N–H and O–H groups in total. The number of piperazine rings is 1. The number of imide groups is 2. The molecule has 3 aromatic heterocycles. The molecule has 9 rings (SSSR count). The maximum Gasteiger partial charge on any atom is 0.284 e. The van der Waals surface area contributed by atoms with Crippen molar-refractivity contribution in [3.05, 3.63) is 101 Å². The lowest BCUT2D eigenvalue weighted by Gasteiger charge is -2.36. The molecule has 22 heteroatoms. The minimum absolute atomic E-state index is 0.0742. The van der Waals surface area contributed by atoms with Gasteiger partial charge in [-0.1, -0.05) is 12.1 Å². The van der Waals surface area contributed by atoms with Crippen molar-refractivity contribution in [3.8, 4) is 17.1 Å². The zero-order valence-corrected chi connectivity index (χ0v) is 38.9. The number of benzene rings is 2. The number of nitrogens with zero attached hydrogens (tertiary/aromatic N) is 7. The standard InChI is InChI=1S/C49H55F2N11O9/c50-44(51)43-38(55-45(64)39-30-71-47(56-39)33-11-12-53-41(25-33)54-28-32-1-2-32)29-61(58-43)34-5-3-31(4-6-34)27-52-13-19-68-21-23-70-24-22-69-20-18-59-14-16-60(17-15-59)35-7-8-36-37(26-35)49(67)62(48(36)66)40-9-10-42(63)57-46(40)65/h3-8,11-12,25-26,29-30,32,40,44,52H,1-2,9-10,13-24,27-28H2,(H,53,54)(H,55,64)(H,57,63,65). The number of pyridine rings is 1. The Bertz CT molecular complexity index is 2700. The topological polar surface area (TPSA) is 228 Å². The maximum absolute atomic E-state index is 14.1. The summed E-state index contributed by atoms with van der Waals surface area (Å²) in [6, 6.07) is 14.9. The SMILES string of the molecule is O=C1CCC(N2C(=O)c3ccc(N4CCN(CCOCCOCCOCCNCc5ccc(-n6cc(NC(=O)c7coc(-c8ccnc(NCC9CC9)c8)n7)c(C(F)F)n6)cc5)CC4)cc3C2=O)C(=O)N1. The molecule has 4 aliphatic rings. The van der Waals surface area contributed by atoms with Crippen LogP contribution in [0.5, 0.6) is 0 Å². The normalized spacial score (nSPS) is 17.3. The molecule has 2 saturated heterocycles. The lowest BCUT2D eigenvalue weighted by molar-refractivity contribution is -0.136. The Kier molecular flexibility index (Phi) is 15.8. The van der Waals surface area contributed by atoms with Gasteiger partial charge >= 0.3 is 0 Å². The van der Waals surface area contributed by atoms with E-state index in [0.29, 0.717) is 75.7 Å². The first-order chi connectivity index (χ1) is 34.6. The zero-order valence-electron chi connectivity index (χ0n) is 38.9. The summed E-state index contributed by atoms with van der Waals surface area (Å²) in [6.07, 6.45) is 3.79. The fourth-order valence-electron chi connectivity index (χ4n) is 8.47. The lowest BCUT2D eigenvalue weighted by atomic mass is 10.0. The van der Waals surface area contributed by atoms with Gasteiger partial charge in [-0.3, -0.25) is 39.1 Å². The molecule has 1 atom stereocenters. The quantitative estimate of drug-likeness (QED) is 0.0500. The van der Waals surface area contributed by atoms with Crippen molar-refractivity contribution >= 4 is 46.7 Å². The van der Waals surface area contributed by atoms with Gasteiger partial charge in [-0.25, -0.2) is 23.4 Å². The van der Waals surface area contributed by atoms with E-state index in [1.807, 2.05) is 18.2 Å². The highest BCUT2D eigenvalue weighted by molar-refractivity contribution is 6.23. The summed E-state index contributed by atoms with van der Waals surface area (Å²) in [5.74, 6) is -1.25. The van der Waals surface area contributed by atoms with Gasteiger partial charge in [0, 0.05) is 76.2 Å². The number of nitrogens with one attached hydrogen (secondary N) is 4. The molecule has 5 amide bonds. The number of halogens is 2. The van der Waals surface area contributed by atoms with Crippen molar-refractivity contribution < 1.29 is 51.4 Å². The minimum atomic E-state index is -2.94. The fourth-order valence-corrected chi connectivity index (χ4v) is 8.47. The number of oxazole rings is 1. The molecule has 0 bridgehead atoms. The Labute approximate surface area is 407 Å². The van der Waals surface area contributed by atoms with Gasteiger partial charge in [-0.15, -0.1) is 0 Å². The van der Waals surface area contributed by atoms with Crippen molar-refractivity contribution in [1.82, 2.24) is 40.2 Å². The average Bonchev–Trinajstić information content (AvgIpc) is 3.79. The van der Waals surface area contributed by atoms with E-state index in [9.17, 15) is 32.8 Å². The molecule has 3 fully saturated rings. The van der Waals surface area contributed by atoms with Crippen LogP contribution in [0.15, 0.2) is 77.7 Å². The molecule has 3 aliphatic heterocycles. The van der Waals surface area contributed by atoms with Crippen molar-refractivity contribution in [1.29, 1.82) is 0 Å². The number of aromatic nitrogens is 4. The first-order valence-corrected chi connectivity index (χ1v) is 23.8. The van der Waals surface area contributed by atoms with Crippen LogP contribution in [0.2, 0.25) is 0 Å². The number of rotatable bonds is 24. The van der Waals surface area contributed by atoms with Gasteiger partial charge in [0.2, 0.25) is 17.7 Å². The van der Waals surface area contributed by atoms with E-state index >= 15 is 0 Å². The van der Waals surface area contributed by atoms with Crippen LogP contribution in [0.1, 0.15) is 74.6 Å². The third-order valence-corrected chi connectivity index (χ3v) is 12.6. The minimum Gasteiger partial charge on any atom is -0.444 e. The van der Waals surface area contributed by atoms with Crippen LogP contribution in [-0.2, 0) is 30.3 Å². The monoisotopic (exact) mass is 979 g/mol. The smallest absolute Gasteiger partial charge is 0.284 e. The van der Waals surface area contributed by atoms with Crippen LogP contribution in [-0.4, -0.2) is 151 Å².